The van der Waals surface area contributed by atoms with Gasteiger partial charge >= 0.3 is 0 Å². The van der Waals surface area contributed by atoms with E-state index in [0.717, 1.165) is 39.3 Å². The van der Waals surface area contributed by atoms with Crippen LogP contribution in [0.3, 0.4) is 0 Å². The normalized spacial score (nSPS) is 23.5. The number of unbranched alkanes of at least 4 members (excludes halogenated alkanes) is 1. The van der Waals surface area contributed by atoms with Crippen molar-refractivity contribution in [2.24, 2.45) is 5.92 Å². The maximum Gasteiger partial charge on any atom is 0.0553 e. The lowest BCUT2D eigenvalue weighted by molar-refractivity contribution is 0.0315. The molecule has 2 nitrogen and oxygen atoms in total. The highest BCUT2D eigenvalue weighted by Gasteiger charge is 2.17. The van der Waals surface area contributed by atoms with Crippen molar-refractivity contribution < 1.29 is 9.47 Å². The Kier molecular flexibility index (Phi) is 5.09. The van der Waals surface area contributed by atoms with E-state index in [-0.39, 0.29) is 0 Å². The number of hydrogen-bond donors (Lipinski definition) is 0. The molecule has 1 unspecified atom stereocenters. The molecule has 0 bridgehead atoms. The highest BCUT2D eigenvalue weighted by atomic mass is 16.5. The summed E-state index contributed by atoms with van der Waals surface area (Å²) in [4.78, 5) is 0. The fraction of sp³-hybridized carbons (Fsp3) is 0.818. The van der Waals surface area contributed by atoms with Crippen molar-refractivity contribution in [2.45, 2.75) is 26.2 Å². The standard InChI is InChI=1S/C11H20O2/c1-3-4-6-12-8-11-9-13-7-5-10(11)2/h11H,2-9H2,1H3. The first-order valence-corrected chi connectivity index (χ1v) is 5.17. The molecular weight excluding hydrogens is 164 g/mol. The van der Waals surface area contributed by atoms with Crippen molar-refractivity contribution in [3.8, 4) is 0 Å². The van der Waals surface area contributed by atoms with Crippen molar-refractivity contribution in [1.82, 2.24) is 0 Å². The van der Waals surface area contributed by atoms with Crippen LogP contribution in [0.25, 0.3) is 0 Å². The second-order valence-electron chi connectivity index (χ2n) is 3.61. The number of rotatable bonds is 5. The first-order chi connectivity index (χ1) is 6.34. The van der Waals surface area contributed by atoms with Gasteiger partial charge in [-0.2, -0.15) is 0 Å². The summed E-state index contributed by atoms with van der Waals surface area (Å²) in [5.41, 5.74) is 1.29. The Labute approximate surface area is 80.9 Å². The second-order valence-corrected chi connectivity index (χ2v) is 3.61. The quantitative estimate of drug-likeness (QED) is 0.482. The van der Waals surface area contributed by atoms with Gasteiger partial charge in [0.15, 0.2) is 0 Å². The van der Waals surface area contributed by atoms with E-state index >= 15 is 0 Å². The van der Waals surface area contributed by atoms with Crippen LogP contribution in [0.4, 0.5) is 0 Å². The Hall–Kier alpha value is -0.340. The monoisotopic (exact) mass is 184 g/mol. The van der Waals surface area contributed by atoms with Crippen molar-refractivity contribution in [3.63, 3.8) is 0 Å². The third-order valence-corrected chi connectivity index (χ3v) is 2.43. The molecule has 1 fully saturated rings. The van der Waals surface area contributed by atoms with Gasteiger partial charge in [0.2, 0.25) is 0 Å². The first kappa shape index (κ1) is 10.7. The molecule has 0 amide bonds. The van der Waals surface area contributed by atoms with Gasteiger partial charge in [0.25, 0.3) is 0 Å². The summed E-state index contributed by atoms with van der Waals surface area (Å²) in [7, 11) is 0. The minimum absolute atomic E-state index is 0.436. The largest absolute Gasteiger partial charge is 0.381 e. The average Bonchev–Trinajstić information content (AvgIpc) is 2.15. The average molecular weight is 184 g/mol. The Morgan fingerprint density at radius 1 is 1.62 bits per heavy atom. The Morgan fingerprint density at radius 2 is 2.46 bits per heavy atom. The van der Waals surface area contributed by atoms with Crippen LogP contribution in [-0.2, 0) is 9.47 Å². The summed E-state index contributed by atoms with van der Waals surface area (Å²) >= 11 is 0. The Balaban J connectivity index is 2.08. The predicted molar refractivity (Wildman–Crippen MR) is 53.8 cm³/mol. The molecule has 0 spiro atoms. The molecule has 76 valence electrons. The molecule has 0 aromatic rings. The molecule has 1 atom stereocenters. The van der Waals surface area contributed by atoms with Crippen molar-refractivity contribution in [1.29, 1.82) is 0 Å². The Morgan fingerprint density at radius 3 is 3.15 bits per heavy atom. The van der Waals surface area contributed by atoms with E-state index in [4.69, 9.17) is 9.47 Å². The second kappa shape index (κ2) is 6.17. The van der Waals surface area contributed by atoms with E-state index in [1.165, 1.54) is 12.0 Å². The van der Waals surface area contributed by atoms with Crippen molar-refractivity contribution in [3.05, 3.63) is 12.2 Å². The van der Waals surface area contributed by atoms with Gasteiger partial charge in [-0.15, -0.1) is 0 Å². The molecule has 0 radical (unpaired) electrons. The third kappa shape index (κ3) is 3.92. The van der Waals surface area contributed by atoms with E-state index in [0.29, 0.717) is 5.92 Å². The summed E-state index contributed by atoms with van der Waals surface area (Å²) in [6.07, 6.45) is 3.35. The minimum Gasteiger partial charge on any atom is -0.381 e. The molecule has 1 saturated heterocycles. The summed E-state index contributed by atoms with van der Waals surface area (Å²) in [6.45, 7) is 9.51. The van der Waals surface area contributed by atoms with Crippen molar-refractivity contribution in [2.75, 3.05) is 26.4 Å². The first-order valence-electron chi connectivity index (χ1n) is 5.17. The molecule has 13 heavy (non-hydrogen) atoms. The molecule has 1 rings (SSSR count). The van der Waals surface area contributed by atoms with Crippen molar-refractivity contribution >= 4 is 0 Å². The van der Waals surface area contributed by atoms with Crippen LogP contribution in [0.15, 0.2) is 12.2 Å². The van der Waals surface area contributed by atoms with Crippen LogP contribution in [0.1, 0.15) is 26.2 Å². The Bertz CT molecular complexity index is 154. The highest BCUT2D eigenvalue weighted by molar-refractivity contribution is 5.02. The summed E-state index contributed by atoms with van der Waals surface area (Å²) in [5, 5.41) is 0. The van der Waals surface area contributed by atoms with E-state index in [2.05, 4.69) is 13.5 Å². The molecule has 0 saturated carbocycles. The fourth-order valence-corrected chi connectivity index (χ4v) is 1.39. The number of ether oxygens (including phenoxy) is 2. The summed E-state index contributed by atoms with van der Waals surface area (Å²) in [5.74, 6) is 0.436. The van der Waals surface area contributed by atoms with Gasteiger partial charge in [0, 0.05) is 12.5 Å². The molecule has 1 aliphatic rings. The highest BCUT2D eigenvalue weighted by Crippen LogP contribution is 2.19. The van der Waals surface area contributed by atoms with E-state index in [1.807, 2.05) is 0 Å². The van der Waals surface area contributed by atoms with Gasteiger partial charge in [0.05, 0.1) is 19.8 Å². The van der Waals surface area contributed by atoms with Gasteiger partial charge in [-0.1, -0.05) is 25.5 Å². The van der Waals surface area contributed by atoms with Gasteiger partial charge in [-0.3, -0.25) is 0 Å². The zero-order valence-corrected chi connectivity index (χ0v) is 8.55. The van der Waals surface area contributed by atoms with Crippen LogP contribution in [-0.4, -0.2) is 26.4 Å². The van der Waals surface area contributed by atoms with Gasteiger partial charge < -0.3 is 9.47 Å². The van der Waals surface area contributed by atoms with Crippen LogP contribution in [0.2, 0.25) is 0 Å². The summed E-state index contributed by atoms with van der Waals surface area (Å²) in [6, 6.07) is 0. The predicted octanol–water partition coefficient (Wildman–Crippen LogP) is 2.40. The van der Waals surface area contributed by atoms with Crippen LogP contribution in [0, 0.1) is 5.92 Å². The number of hydrogen-bond acceptors (Lipinski definition) is 2. The van der Waals surface area contributed by atoms with Gasteiger partial charge in [0.1, 0.15) is 0 Å². The minimum atomic E-state index is 0.436. The van der Waals surface area contributed by atoms with Crippen LogP contribution in [0.5, 0.6) is 0 Å². The molecule has 0 aromatic carbocycles. The van der Waals surface area contributed by atoms with E-state index in [1.54, 1.807) is 0 Å². The zero-order valence-electron chi connectivity index (χ0n) is 8.55. The molecule has 2 heteroatoms. The molecule has 0 aromatic heterocycles. The smallest absolute Gasteiger partial charge is 0.0553 e. The van der Waals surface area contributed by atoms with E-state index < -0.39 is 0 Å². The maximum atomic E-state index is 5.54. The fourth-order valence-electron chi connectivity index (χ4n) is 1.39. The lowest BCUT2D eigenvalue weighted by Gasteiger charge is -2.24. The molecule has 1 aliphatic heterocycles. The van der Waals surface area contributed by atoms with Crippen LogP contribution < -0.4 is 0 Å². The molecule has 0 aliphatic carbocycles. The SMILES string of the molecule is C=C1CCOCC1COCCCC. The zero-order chi connectivity index (χ0) is 9.52. The van der Waals surface area contributed by atoms with E-state index in [9.17, 15) is 0 Å². The van der Waals surface area contributed by atoms with Gasteiger partial charge in [-0.05, 0) is 12.8 Å². The lowest BCUT2D eigenvalue weighted by atomic mass is 9.98. The van der Waals surface area contributed by atoms with Gasteiger partial charge in [-0.25, -0.2) is 0 Å². The van der Waals surface area contributed by atoms with Crippen LogP contribution >= 0.6 is 0 Å². The topological polar surface area (TPSA) is 18.5 Å². The third-order valence-electron chi connectivity index (χ3n) is 2.43. The maximum absolute atomic E-state index is 5.54. The molecular formula is C11H20O2. The summed E-state index contributed by atoms with van der Waals surface area (Å²) < 4.78 is 10.9. The molecule has 1 heterocycles. The lowest BCUT2D eigenvalue weighted by Crippen LogP contribution is -2.24. The molecule has 0 N–H and O–H groups in total.